The normalized spacial score (nSPS) is 10.0. The smallest absolute Gasteiger partial charge is 0.337 e. The maximum absolute atomic E-state index is 13.0. The number of anilines is 1. The van der Waals surface area contributed by atoms with E-state index in [2.05, 4.69) is 0 Å². The van der Waals surface area contributed by atoms with Crippen molar-refractivity contribution in [2.75, 3.05) is 5.73 Å². The largest absolute Gasteiger partial charge is 0.502 e. The molecule has 0 bridgehead atoms. The number of nitro groups is 1. The predicted molar refractivity (Wildman–Crippen MR) is 49.1 cm³/mol. The molecule has 0 saturated heterocycles. The maximum Gasteiger partial charge on any atom is 0.337 e. The fraction of sp³-hybridized carbons (Fsp3) is 0.125. The van der Waals surface area contributed by atoms with E-state index in [1.54, 1.807) is 0 Å². The summed E-state index contributed by atoms with van der Waals surface area (Å²) in [5.41, 5.74) is 2.83. The van der Waals surface area contributed by atoms with Crippen LogP contribution in [-0.2, 0) is 0 Å². The molecule has 6 nitrogen and oxygen atoms in total. The third kappa shape index (κ3) is 1.71. The van der Waals surface area contributed by atoms with Crippen LogP contribution in [0.3, 0.4) is 0 Å². The number of nitrogens with two attached hydrogens (primary N) is 1. The summed E-state index contributed by atoms with van der Waals surface area (Å²) in [6.45, 7) is 1.05. The lowest BCUT2D eigenvalue weighted by molar-refractivity contribution is -0.385. The average Bonchev–Trinajstić information content (AvgIpc) is 2.10. The second-order valence-corrected chi connectivity index (χ2v) is 2.83. The predicted octanol–water partition coefficient (Wildman–Crippen LogP) is 1.22. The molecule has 1 rings (SSSR count). The van der Waals surface area contributed by atoms with Gasteiger partial charge in [-0.2, -0.15) is 0 Å². The van der Waals surface area contributed by atoms with E-state index in [1.807, 2.05) is 0 Å². The maximum atomic E-state index is 13.0. The van der Waals surface area contributed by atoms with Crippen molar-refractivity contribution in [3.63, 3.8) is 0 Å². The van der Waals surface area contributed by atoms with Crippen LogP contribution in [0.2, 0.25) is 0 Å². The molecule has 0 aromatic heterocycles. The van der Waals surface area contributed by atoms with E-state index in [-0.39, 0.29) is 0 Å². The Morgan fingerprint density at radius 1 is 1.67 bits per heavy atom. The zero-order valence-electron chi connectivity index (χ0n) is 7.65. The first-order valence-corrected chi connectivity index (χ1v) is 3.82. The van der Waals surface area contributed by atoms with E-state index in [0.717, 1.165) is 6.92 Å². The summed E-state index contributed by atoms with van der Waals surface area (Å²) in [6.07, 6.45) is 0. The summed E-state index contributed by atoms with van der Waals surface area (Å²) >= 11 is 0. The number of halogens is 1. The third-order valence-corrected chi connectivity index (χ3v) is 1.82. The Hall–Kier alpha value is -2.18. The molecule has 0 atom stereocenters. The number of hydrogen-bond acceptors (Lipinski definition) is 5. The number of rotatable bonds is 2. The first-order chi connectivity index (χ1) is 6.86. The van der Waals surface area contributed by atoms with Crippen molar-refractivity contribution >= 4 is 17.2 Å². The quantitative estimate of drug-likeness (QED) is 0.333. The van der Waals surface area contributed by atoms with Crippen LogP contribution < -0.4 is 5.73 Å². The van der Waals surface area contributed by atoms with Crippen molar-refractivity contribution < 1.29 is 19.2 Å². The van der Waals surface area contributed by atoms with E-state index < -0.39 is 39.2 Å². The molecule has 80 valence electrons. The number of nitrogens with zero attached hydrogens (tertiary/aromatic N) is 1. The van der Waals surface area contributed by atoms with Crippen LogP contribution >= 0.6 is 0 Å². The Morgan fingerprint density at radius 2 is 2.20 bits per heavy atom. The number of carbonyl (C=O) groups is 1. The number of phenols is 1. The van der Waals surface area contributed by atoms with Gasteiger partial charge in [0.1, 0.15) is 0 Å². The van der Waals surface area contributed by atoms with E-state index in [9.17, 15) is 24.4 Å². The summed E-state index contributed by atoms with van der Waals surface area (Å²) < 4.78 is 13.0. The molecule has 0 heterocycles. The highest BCUT2D eigenvalue weighted by atomic mass is 19.1. The molecule has 0 saturated carbocycles. The van der Waals surface area contributed by atoms with Gasteiger partial charge in [0.05, 0.1) is 10.5 Å². The summed E-state index contributed by atoms with van der Waals surface area (Å²) in [6, 6.07) is 0.667. The molecule has 0 fully saturated rings. The van der Waals surface area contributed by atoms with Gasteiger partial charge in [0.2, 0.25) is 5.75 Å². The number of nitrogen functional groups attached to an aromatic ring is 1. The van der Waals surface area contributed by atoms with Gasteiger partial charge in [-0.25, -0.2) is 4.39 Å². The number of ketones is 1. The van der Waals surface area contributed by atoms with E-state index in [4.69, 9.17) is 5.73 Å². The van der Waals surface area contributed by atoms with Gasteiger partial charge in [-0.3, -0.25) is 14.9 Å². The molecule has 3 N–H and O–H groups in total. The van der Waals surface area contributed by atoms with Crippen molar-refractivity contribution in [2.45, 2.75) is 6.92 Å². The van der Waals surface area contributed by atoms with Gasteiger partial charge in [-0.1, -0.05) is 0 Å². The molecule has 1 aromatic rings. The minimum Gasteiger partial charge on any atom is -0.502 e. The summed E-state index contributed by atoms with van der Waals surface area (Å²) in [5.74, 6) is -2.70. The fourth-order valence-electron chi connectivity index (χ4n) is 1.09. The zero-order chi connectivity index (χ0) is 11.7. The average molecular weight is 214 g/mol. The topological polar surface area (TPSA) is 106 Å². The third-order valence-electron chi connectivity index (χ3n) is 1.82. The van der Waals surface area contributed by atoms with Crippen molar-refractivity contribution in [3.8, 4) is 5.75 Å². The molecule has 0 aliphatic carbocycles. The number of aromatic hydroxyl groups is 1. The van der Waals surface area contributed by atoms with Gasteiger partial charge in [0.25, 0.3) is 0 Å². The van der Waals surface area contributed by atoms with Gasteiger partial charge in [-0.05, 0) is 13.0 Å². The Balaban J connectivity index is 3.63. The monoisotopic (exact) mass is 214 g/mol. The highest BCUT2D eigenvalue weighted by molar-refractivity contribution is 5.99. The standard InChI is InChI=1S/C8H7FN2O4/c1-3(12)4-2-5(9)6(10)7(8(4)13)11(14)15/h2,13H,10H2,1H3. The van der Waals surface area contributed by atoms with Crippen LogP contribution in [0, 0.1) is 15.9 Å². The molecule has 0 amide bonds. The number of hydrogen-bond donors (Lipinski definition) is 2. The highest BCUT2D eigenvalue weighted by Gasteiger charge is 2.26. The van der Waals surface area contributed by atoms with Crippen LogP contribution in [0.15, 0.2) is 6.07 Å². The van der Waals surface area contributed by atoms with E-state index in [1.165, 1.54) is 0 Å². The number of benzene rings is 1. The van der Waals surface area contributed by atoms with Gasteiger partial charge in [0.15, 0.2) is 17.3 Å². The number of phenolic OH excluding ortho intramolecular Hbond substituents is 1. The number of nitro benzene ring substituents is 1. The lowest BCUT2D eigenvalue weighted by atomic mass is 10.1. The molecule has 0 aliphatic rings. The zero-order valence-corrected chi connectivity index (χ0v) is 7.65. The molecule has 15 heavy (non-hydrogen) atoms. The minimum absolute atomic E-state index is 0.464. The fourth-order valence-corrected chi connectivity index (χ4v) is 1.09. The van der Waals surface area contributed by atoms with Gasteiger partial charge < -0.3 is 10.8 Å². The van der Waals surface area contributed by atoms with Crippen LogP contribution in [0.25, 0.3) is 0 Å². The van der Waals surface area contributed by atoms with E-state index >= 15 is 0 Å². The first kappa shape index (κ1) is 10.9. The van der Waals surface area contributed by atoms with E-state index in [0.29, 0.717) is 6.07 Å². The molecule has 7 heteroatoms. The second kappa shape index (κ2) is 3.52. The van der Waals surface area contributed by atoms with Gasteiger partial charge >= 0.3 is 5.69 Å². The molecular weight excluding hydrogens is 207 g/mol. The molecule has 0 spiro atoms. The Bertz CT molecular complexity index is 458. The van der Waals surface area contributed by atoms with Crippen LogP contribution in [0.5, 0.6) is 5.75 Å². The van der Waals surface area contributed by atoms with Crippen molar-refractivity contribution in [3.05, 3.63) is 27.6 Å². The minimum atomic E-state index is -1.11. The molecule has 0 aliphatic heterocycles. The number of Topliss-reactive ketones (excluding diaryl/α,β-unsaturated/α-hetero) is 1. The first-order valence-electron chi connectivity index (χ1n) is 3.82. The Kier molecular flexibility index (Phi) is 2.56. The lowest BCUT2D eigenvalue weighted by Gasteiger charge is -2.04. The summed E-state index contributed by atoms with van der Waals surface area (Å²) in [7, 11) is 0. The molecule has 1 aromatic carbocycles. The van der Waals surface area contributed by atoms with Crippen LogP contribution in [0.1, 0.15) is 17.3 Å². The Morgan fingerprint density at radius 3 is 2.60 bits per heavy atom. The Labute approximate surface area is 83.3 Å². The van der Waals surface area contributed by atoms with Gasteiger partial charge in [-0.15, -0.1) is 0 Å². The molecule has 0 radical (unpaired) electrons. The van der Waals surface area contributed by atoms with Crippen molar-refractivity contribution in [1.29, 1.82) is 0 Å². The molecule has 0 unspecified atom stereocenters. The van der Waals surface area contributed by atoms with Crippen molar-refractivity contribution in [1.82, 2.24) is 0 Å². The van der Waals surface area contributed by atoms with Crippen LogP contribution in [-0.4, -0.2) is 15.8 Å². The SMILES string of the molecule is CC(=O)c1cc(F)c(N)c([N+](=O)[O-])c1O. The highest BCUT2D eigenvalue weighted by Crippen LogP contribution is 2.37. The number of carbonyl (C=O) groups excluding carboxylic acids is 1. The summed E-state index contributed by atoms with van der Waals surface area (Å²) in [4.78, 5) is 20.3. The second-order valence-electron chi connectivity index (χ2n) is 2.83. The van der Waals surface area contributed by atoms with Crippen molar-refractivity contribution in [2.24, 2.45) is 0 Å². The molecular formula is C8H7FN2O4. The lowest BCUT2D eigenvalue weighted by Crippen LogP contribution is -2.03. The summed E-state index contributed by atoms with van der Waals surface area (Å²) in [5, 5.41) is 19.8. The van der Waals surface area contributed by atoms with Gasteiger partial charge in [0, 0.05) is 0 Å². The van der Waals surface area contributed by atoms with Crippen LogP contribution in [0.4, 0.5) is 15.8 Å².